The van der Waals surface area contributed by atoms with Gasteiger partial charge in [-0.05, 0) is 43.2 Å². The van der Waals surface area contributed by atoms with E-state index in [4.69, 9.17) is 4.98 Å². The van der Waals surface area contributed by atoms with Gasteiger partial charge < -0.3 is 15.4 Å². The Morgan fingerprint density at radius 3 is 2.69 bits per heavy atom. The number of thiophene rings is 1. The van der Waals surface area contributed by atoms with Gasteiger partial charge >= 0.3 is 0 Å². The first-order valence-corrected chi connectivity index (χ1v) is 12.4. The molecule has 0 aromatic carbocycles. The van der Waals surface area contributed by atoms with E-state index in [1.807, 2.05) is 32.0 Å². The van der Waals surface area contributed by atoms with Crippen LogP contribution in [-0.2, 0) is 0 Å². The highest BCUT2D eigenvalue weighted by Crippen LogP contribution is 2.34. The third-order valence-corrected chi connectivity index (χ3v) is 7.03. The van der Waals surface area contributed by atoms with Gasteiger partial charge in [-0.1, -0.05) is 13.8 Å². The molecule has 0 aliphatic carbocycles. The van der Waals surface area contributed by atoms with Crippen LogP contribution in [0, 0.1) is 12.8 Å². The Hall–Kier alpha value is -4.15. The van der Waals surface area contributed by atoms with Crippen LogP contribution in [0.1, 0.15) is 18.7 Å². The minimum absolute atomic E-state index is 0.0694. The van der Waals surface area contributed by atoms with Crippen molar-refractivity contribution in [2.24, 2.45) is 5.92 Å². The number of imidazole rings is 1. The van der Waals surface area contributed by atoms with Crippen LogP contribution in [0.2, 0.25) is 0 Å². The van der Waals surface area contributed by atoms with Gasteiger partial charge in [-0.2, -0.15) is 5.10 Å². The van der Waals surface area contributed by atoms with Crippen molar-refractivity contribution in [3.05, 3.63) is 60.0 Å². The highest BCUT2D eigenvalue weighted by atomic mass is 32.1. The molecule has 0 saturated heterocycles. The van der Waals surface area contributed by atoms with Gasteiger partial charge in [0.15, 0.2) is 5.82 Å². The molecule has 9 nitrogen and oxygen atoms in total. The Morgan fingerprint density at radius 2 is 1.89 bits per heavy atom. The SMILES string of the molecule is Cc1ccc(-c2nccc3[nH]c(-c4n[nH]c5cnc(-c6cncc(NC(O)C(C)C)c6)cc45)nc23)s1. The Balaban J connectivity index is 1.41. The molecule has 0 aliphatic heterocycles. The number of rotatable bonds is 6. The second kappa shape index (κ2) is 8.81. The second-order valence-electron chi connectivity index (χ2n) is 9.03. The molecule has 0 radical (unpaired) electrons. The van der Waals surface area contributed by atoms with Gasteiger partial charge in [0.1, 0.15) is 23.1 Å². The Morgan fingerprint density at radius 1 is 1.00 bits per heavy atom. The van der Waals surface area contributed by atoms with E-state index in [2.05, 4.69) is 54.5 Å². The van der Waals surface area contributed by atoms with Gasteiger partial charge in [-0.15, -0.1) is 11.3 Å². The van der Waals surface area contributed by atoms with Gasteiger partial charge in [0.25, 0.3) is 0 Å². The molecule has 180 valence electrons. The summed E-state index contributed by atoms with van der Waals surface area (Å²) in [6, 6.07) is 9.99. The summed E-state index contributed by atoms with van der Waals surface area (Å²) >= 11 is 1.70. The van der Waals surface area contributed by atoms with E-state index in [-0.39, 0.29) is 5.92 Å². The summed E-state index contributed by atoms with van der Waals surface area (Å²) in [5, 5.41) is 21.8. The number of pyridine rings is 3. The molecule has 0 saturated carbocycles. The van der Waals surface area contributed by atoms with Gasteiger partial charge in [0.2, 0.25) is 0 Å². The van der Waals surface area contributed by atoms with Crippen molar-refractivity contribution in [3.8, 4) is 33.3 Å². The number of nitrogens with zero attached hydrogens (tertiary/aromatic N) is 5. The van der Waals surface area contributed by atoms with E-state index >= 15 is 0 Å². The number of fused-ring (bicyclic) bond motifs is 2. The van der Waals surface area contributed by atoms with Crippen LogP contribution in [0.25, 0.3) is 55.3 Å². The van der Waals surface area contributed by atoms with E-state index in [9.17, 15) is 5.11 Å². The summed E-state index contributed by atoms with van der Waals surface area (Å²) in [5.74, 6) is 0.726. The van der Waals surface area contributed by atoms with Crippen LogP contribution in [-0.4, -0.2) is 46.5 Å². The summed E-state index contributed by atoms with van der Waals surface area (Å²) < 4.78 is 0. The molecule has 1 unspecified atom stereocenters. The Labute approximate surface area is 210 Å². The number of nitrogens with one attached hydrogen (secondary N) is 3. The number of aliphatic hydroxyl groups is 1. The molecule has 36 heavy (non-hydrogen) atoms. The normalized spacial score (nSPS) is 12.6. The van der Waals surface area contributed by atoms with Crippen LogP contribution in [0.3, 0.4) is 0 Å². The predicted molar refractivity (Wildman–Crippen MR) is 143 cm³/mol. The number of anilines is 1. The van der Waals surface area contributed by atoms with Gasteiger partial charge in [-0.3, -0.25) is 20.1 Å². The molecule has 4 N–H and O–H groups in total. The van der Waals surface area contributed by atoms with E-state index in [0.29, 0.717) is 11.5 Å². The maximum absolute atomic E-state index is 10.2. The van der Waals surface area contributed by atoms with E-state index in [1.54, 1.807) is 36.1 Å². The average Bonchev–Trinajstić information content (AvgIpc) is 3.61. The first-order chi connectivity index (χ1) is 17.5. The third-order valence-electron chi connectivity index (χ3n) is 6.03. The smallest absolute Gasteiger partial charge is 0.159 e. The maximum atomic E-state index is 10.2. The Kier molecular flexibility index (Phi) is 5.46. The van der Waals surface area contributed by atoms with Gasteiger partial charge in [0.05, 0.1) is 39.7 Å². The lowest BCUT2D eigenvalue weighted by Gasteiger charge is -2.17. The zero-order valence-electron chi connectivity index (χ0n) is 19.9. The number of aliphatic hydroxyl groups excluding tert-OH is 1. The molecule has 6 heterocycles. The molecule has 6 aromatic rings. The summed E-state index contributed by atoms with van der Waals surface area (Å²) in [4.78, 5) is 24.1. The molecular weight excluding hydrogens is 472 g/mol. The van der Waals surface area contributed by atoms with Crippen molar-refractivity contribution in [1.82, 2.24) is 35.1 Å². The molecule has 0 amide bonds. The minimum Gasteiger partial charge on any atom is -0.374 e. The second-order valence-corrected chi connectivity index (χ2v) is 10.3. The van der Waals surface area contributed by atoms with Crippen LogP contribution < -0.4 is 5.32 Å². The highest BCUT2D eigenvalue weighted by molar-refractivity contribution is 7.15. The lowest BCUT2D eigenvalue weighted by molar-refractivity contribution is 0.153. The zero-order valence-corrected chi connectivity index (χ0v) is 20.8. The number of aromatic amines is 2. The van der Waals surface area contributed by atoms with Crippen LogP contribution in [0.5, 0.6) is 0 Å². The molecule has 0 bridgehead atoms. The molecule has 0 aliphatic rings. The number of aryl methyl sites for hydroxylation is 1. The third kappa shape index (κ3) is 4.00. The fraction of sp³-hybridized carbons (Fsp3) is 0.192. The largest absolute Gasteiger partial charge is 0.374 e. The molecule has 6 rings (SSSR count). The number of aromatic nitrogens is 7. The average molecular weight is 497 g/mol. The summed E-state index contributed by atoms with van der Waals surface area (Å²) in [6.07, 6.45) is 6.33. The van der Waals surface area contributed by atoms with Crippen molar-refractivity contribution in [3.63, 3.8) is 0 Å². The zero-order chi connectivity index (χ0) is 24.8. The fourth-order valence-electron chi connectivity index (χ4n) is 4.04. The Bertz CT molecular complexity index is 1700. The maximum Gasteiger partial charge on any atom is 0.159 e. The number of H-pyrrole nitrogens is 2. The van der Waals surface area contributed by atoms with E-state index < -0.39 is 6.23 Å². The quantitative estimate of drug-likeness (QED) is 0.228. The van der Waals surface area contributed by atoms with Crippen molar-refractivity contribution in [2.45, 2.75) is 27.0 Å². The summed E-state index contributed by atoms with van der Waals surface area (Å²) in [6.45, 7) is 5.98. The number of hydrogen-bond donors (Lipinski definition) is 4. The predicted octanol–water partition coefficient (Wildman–Crippen LogP) is 5.38. The van der Waals surface area contributed by atoms with Crippen LogP contribution in [0.4, 0.5) is 5.69 Å². The van der Waals surface area contributed by atoms with Crippen molar-refractivity contribution in [2.75, 3.05) is 5.32 Å². The van der Waals surface area contributed by atoms with E-state index in [0.717, 1.165) is 49.5 Å². The van der Waals surface area contributed by atoms with Crippen molar-refractivity contribution >= 4 is 39.0 Å². The van der Waals surface area contributed by atoms with Gasteiger partial charge in [-0.25, -0.2) is 4.98 Å². The van der Waals surface area contributed by atoms with E-state index in [1.165, 1.54) is 4.88 Å². The van der Waals surface area contributed by atoms with Crippen molar-refractivity contribution < 1.29 is 5.11 Å². The fourth-order valence-corrected chi connectivity index (χ4v) is 4.91. The summed E-state index contributed by atoms with van der Waals surface area (Å²) in [5.41, 5.74) is 6.37. The highest BCUT2D eigenvalue weighted by Gasteiger charge is 2.18. The molecule has 0 spiro atoms. The lowest BCUT2D eigenvalue weighted by atomic mass is 10.1. The number of hydrogen-bond acceptors (Lipinski definition) is 8. The van der Waals surface area contributed by atoms with Gasteiger partial charge in [0, 0.05) is 28.2 Å². The molecular formula is C26H24N8OS. The minimum atomic E-state index is -0.663. The van der Waals surface area contributed by atoms with Crippen molar-refractivity contribution in [1.29, 1.82) is 0 Å². The molecule has 6 aromatic heterocycles. The van der Waals surface area contributed by atoms with Crippen LogP contribution >= 0.6 is 11.3 Å². The van der Waals surface area contributed by atoms with Crippen LogP contribution in [0.15, 0.2) is 55.1 Å². The first-order valence-electron chi connectivity index (χ1n) is 11.6. The standard InChI is InChI=1S/C26H24N8OS/c1-13(2)26(35)30-16-8-15(10-27-11-16)19-9-17-20(12-29-19)33-34-22(17)25-31-18-6-7-28-24(23(18)32-25)21-5-4-14(3)36-21/h4-13,26,30,35H,1-3H3,(H,31,32)(H,33,34). The molecule has 10 heteroatoms. The monoisotopic (exact) mass is 496 g/mol. The summed E-state index contributed by atoms with van der Waals surface area (Å²) in [7, 11) is 0. The molecule has 1 atom stereocenters. The molecule has 0 fully saturated rings. The first kappa shape index (κ1) is 22.3. The lowest BCUT2D eigenvalue weighted by Crippen LogP contribution is -2.24. The topological polar surface area (TPSA) is 128 Å².